The van der Waals surface area contributed by atoms with Crippen LogP contribution in [0.4, 0.5) is 9.59 Å². The molecule has 0 aliphatic heterocycles. The third-order valence-corrected chi connectivity index (χ3v) is 9.46. The van der Waals surface area contributed by atoms with Crippen LogP contribution in [0, 0.1) is 54.1 Å². The minimum Gasteiger partial charge on any atom is -0.493 e. The average molecular weight is 1180 g/mol. The van der Waals surface area contributed by atoms with Gasteiger partial charge in [0.2, 0.25) is 29.5 Å². The smallest absolute Gasteiger partial charge is 0.407 e. The van der Waals surface area contributed by atoms with Gasteiger partial charge in [-0.2, -0.15) is 0 Å². The number of hydrogen-bond donors (Lipinski definition) is 7. The second-order valence-electron chi connectivity index (χ2n) is 33.8. The zero-order chi connectivity index (χ0) is 66.3. The summed E-state index contributed by atoms with van der Waals surface area (Å²) >= 11 is 0. The van der Waals surface area contributed by atoms with Gasteiger partial charge < -0.3 is 51.4 Å². The van der Waals surface area contributed by atoms with Crippen molar-refractivity contribution in [3.63, 3.8) is 0 Å². The van der Waals surface area contributed by atoms with Crippen molar-refractivity contribution >= 4 is 41.7 Å². The third kappa shape index (κ3) is 73.0. The van der Waals surface area contributed by atoms with Gasteiger partial charge in [0.05, 0.1) is 39.6 Å². The summed E-state index contributed by atoms with van der Waals surface area (Å²) < 4.78 is 15.9. The zero-order valence-corrected chi connectivity index (χ0v) is 58.6. The van der Waals surface area contributed by atoms with Crippen molar-refractivity contribution < 1.29 is 47.8 Å². The number of nitrogens with one attached hydrogen (secondary N) is 7. The van der Waals surface area contributed by atoms with Crippen LogP contribution in [-0.4, -0.2) is 94.5 Å². The number of rotatable bonds is 17. The van der Waals surface area contributed by atoms with Crippen LogP contribution in [0.15, 0.2) is 24.3 Å². The van der Waals surface area contributed by atoms with E-state index in [4.69, 9.17) is 14.2 Å². The van der Waals surface area contributed by atoms with Crippen LogP contribution in [0.1, 0.15) is 239 Å². The Morgan fingerprint density at radius 3 is 0.880 bits per heavy atom. The van der Waals surface area contributed by atoms with Gasteiger partial charge >= 0.3 is 12.2 Å². The minimum atomic E-state index is -0.324. The number of carbonyl (C=O) groups is 7. The largest absolute Gasteiger partial charge is 0.493 e. The van der Waals surface area contributed by atoms with E-state index in [2.05, 4.69) is 141 Å². The molecule has 0 fully saturated rings. The highest BCUT2D eigenvalue weighted by Gasteiger charge is 2.22. The summed E-state index contributed by atoms with van der Waals surface area (Å²) in [6.07, 6.45) is 1.55. The first-order chi connectivity index (χ1) is 36.7. The van der Waals surface area contributed by atoms with E-state index >= 15 is 0 Å². The molecule has 1 aromatic rings. The second kappa shape index (κ2) is 37.4. The second-order valence-corrected chi connectivity index (χ2v) is 33.8. The molecule has 17 nitrogen and oxygen atoms in total. The Morgan fingerprint density at radius 1 is 0.325 bits per heavy atom. The van der Waals surface area contributed by atoms with Gasteiger partial charge in [0.25, 0.3) is 0 Å². The molecule has 83 heavy (non-hydrogen) atoms. The molecule has 0 saturated heterocycles. The Labute approximate surface area is 507 Å². The maximum atomic E-state index is 12.0. The first-order valence-corrected chi connectivity index (χ1v) is 29.6. The van der Waals surface area contributed by atoms with Crippen LogP contribution in [0.25, 0.3) is 0 Å². The van der Waals surface area contributed by atoms with Crippen molar-refractivity contribution in [2.45, 2.75) is 240 Å². The molecule has 0 heterocycles. The lowest BCUT2D eigenvalue weighted by molar-refractivity contribution is -0.126. The molecular weight excluding hydrogens is 1050 g/mol. The standard InChI is InChI=1S/C20H32N2O3.C13H26N2O2.2C11H23NO2.C11H23NO/c1-19(2,3)12-18(24)22-14-21-17(23)11-15-8-7-9-16(10-15)25-13-20(4,5)6;1-12(2,3)7-10(16)14-9-15-11(17)8-13(4,5)6;2*1-10(2,3)7-12-9(13)14-8-11(4,5)6;1-10(2,3)7-9(13)12-8-11(4,5)6/h7-10H,11-14H2,1-6H3,(H,21,23)(H,22,24);7-9H2,1-6H3,(H,14,16)(H,15,17);2*7-8H2,1-6H3,(H,12,13);7-8H2,1-6H3,(H,12,13). The highest BCUT2D eigenvalue weighted by molar-refractivity contribution is 5.81. The van der Waals surface area contributed by atoms with Crippen LogP contribution in [0.3, 0.4) is 0 Å². The SMILES string of the molecule is CC(C)(C)CC(=O)NCNC(=O)CC(C)(C)C.CC(C)(C)CNC(=O)CC(C)(C)C.CC(C)(C)CNC(=O)OCC(C)(C)C.CC(C)(C)CNC(=O)OCC(C)(C)C.CC(C)(C)COc1cccc(CC(=O)NCNC(=O)CC(C)(C)C)c1. The fourth-order valence-electron chi connectivity index (χ4n) is 5.66. The molecule has 17 heteroatoms. The van der Waals surface area contributed by atoms with Crippen molar-refractivity contribution in [2.24, 2.45) is 54.1 Å². The van der Waals surface area contributed by atoms with Crippen LogP contribution >= 0.6 is 0 Å². The Balaban J connectivity index is -0.000000483. The number of amides is 7. The van der Waals surface area contributed by atoms with Gasteiger partial charge in [-0.15, -0.1) is 0 Å². The summed E-state index contributed by atoms with van der Waals surface area (Å²) in [6, 6.07) is 7.54. The Hall–Kier alpha value is -5.09. The number of benzene rings is 1. The van der Waals surface area contributed by atoms with Gasteiger partial charge in [0.15, 0.2) is 0 Å². The van der Waals surface area contributed by atoms with E-state index in [1.807, 2.05) is 128 Å². The molecule has 0 saturated carbocycles. The highest BCUT2D eigenvalue weighted by atomic mass is 16.6. The highest BCUT2D eigenvalue weighted by Crippen LogP contribution is 2.23. The van der Waals surface area contributed by atoms with Gasteiger partial charge in [-0.1, -0.05) is 220 Å². The monoisotopic (exact) mass is 1180 g/mol. The normalized spacial score (nSPS) is 12.2. The molecule has 0 radical (unpaired) electrons. The van der Waals surface area contributed by atoms with Crippen molar-refractivity contribution in [3.8, 4) is 5.75 Å². The third-order valence-electron chi connectivity index (χ3n) is 9.46. The van der Waals surface area contributed by atoms with Gasteiger partial charge in [-0.3, -0.25) is 24.0 Å². The maximum Gasteiger partial charge on any atom is 0.407 e. The lowest BCUT2D eigenvalue weighted by Crippen LogP contribution is -2.39. The Kier molecular flexibility index (Phi) is 38.0. The van der Waals surface area contributed by atoms with Gasteiger partial charge in [-0.05, 0) is 71.8 Å². The molecule has 1 aromatic carbocycles. The predicted octanol–water partition coefficient (Wildman–Crippen LogP) is 13.5. The van der Waals surface area contributed by atoms with E-state index in [0.29, 0.717) is 58.6 Å². The van der Waals surface area contributed by atoms with E-state index in [0.717, 1.165) is 17.9 Å². The molecule has 0 unspecified atom stereocenters. The van der Waals surface area contributed by atoms with Crippen molar-refractivity contribution in [2.75, 3.05) is 52.8 Å². The predicted molar refractivity (Wildman–Crippen MR) is 343 cm³/mol. The van der Waals surface area contributed by atoms with Gasteiger partial charge in [0.1, 0.15) is 5.75 Å². The molecule has 0 spiro atoms. The molecule has 0 bridgehead atoms. The molecule has 0 aliphatic carbocycles. The first-order valence-electron chi connectivity index (χ1n) is 29.6. The summed E-state index contributed by atoms with van der Waals surface area (Å²) in [5, 5.41) is 19.2. The van der Waals surface area contributed by atoms with Crippen molar-refractivity contribution in [3.05, 3.63) is 29.8 Å². The molecule has 7 N–H and O–H groups in total. The van der Waals surface area contributed by atoms with Gasteiger partial charge in [0, 0.05) is 45.3 Å². The molecule has 0 aliphatic rings. The molecular formula is C66H127N7O10. The van der Waals surface area contributed by atoms with Gasteiger partial charge in [-0.25, -0.2) is 9.59 Å². The fourth-order valence-corrected chi connectivity index (χ4v) is 5.66. The van der Waals surface area contributed by atoms with Crippen molar-refractivity contribution in [1.29, 1.82) is 0 Å². The number of carbonyl (C=O) groups excluding carboxylic acids is 7. The lowest BCUT2D eigenvalue weighted by Gasteiger charge is -2.21. The summed E-state index contributed by atoms with van der Waals surface area (Å²) in [5.74, 6) is 0.651. The zero-order valence-electron chi connectivity index (χ0n) is 58.6. The topological polar surface area (TPSA) is 231 Å². The summed E-state index contributed by atoms with van der Waals surface area (Å²) in [6.45, 7) is 65.4. The molecule has 7 amide bonds. The van der Waals surface area contributed by atoms with E-state index in [9.17, 15) is 33.6 Å². The molecule has 486 valence electrons. The summed E-state index contributed by atoms with van der Waals surface area (Å²) in [4.78, 5) is 80.4. The molecule has 1 rings (SSSR count). The summed E-state index contributed by atoms with van der Waals surface area (Å²) in [7, 11) is 0. The number of hydrogen-bond acceptors (Lipinski definition) is 10. The Morgan fingerprint density at radius 2 is 0.602 bits per heavy atom. The van der Waals surface area contributed by atoms with E-state index in [-0.39, 0.29) is 116 Å². The molecule has 0 atom stereocenters. The first kappa shape index (κ1) is 84.4. The Bertz CT molecular complexity index is 1940. The van der Waals surface area contributed by atoms with E-state index in [1.54, 1.807) is 0 Å². The maximum absolute atomic E-state index is 12.0. The fraction of sp³-hybridized carbons (Fsp3) is 0.803. The van der Waals surface area contributed by atoms with Crippen LogP contribution < -0.4 is 42.0 Å². The minimum absolute atomic E-state index is 0.0269. The molecule has 0 aromatic heterocycles. The summed E-state index contributed by atoms with van der Waals surface area (Å²) in [5.41, 5.74) is 1.35. The number of ether oxygens (including phenoxy) is 3. The van der Waals surface area contributed by atoms with Crippen LogP contribution in [0.2, 0.25) is 0 Å². The average Bonchev–Trinajstić information content (AvgIpc) is 3.22. The van der Waals surface area contributed by atoms with Crippen LogP contribution in [0.5, 0.6) is 5.75 Å². The van der Waals surface area contributed by atoms with E-state index < -0.39 is 0 Å². The lowest BCUT2D eigenvalue weighted by atomic mass is 9.91. The van der Waals surface area contributed by atoms with Crippen molar-refractivity contribution in [1.82, 2.24) is 37.2 Å². The van der Waals surface area contributed by atoms with E-state index in [1.165, 1.54) is 0 Å². The number of alkyl carbamates (subject to hydrolysis) is 2. The van der Waals surface area contributed by atoms with Crippen LogP contribution in [-0.2, 0) is 39.9 Å². The quantitative estimate of drug-likeness (QED) is 0.0729.